The van der Waals surface area contributed by atoms with Gasteiger partial charge in [0.25, 0.3) is 0 Å². The molecule has 0 fully saturated rings. The summed E-state index contributed by atoms with van der Waals surface area (Å²) in [7, 11) is 0. The van der Waals surface area contributed by atoms with Gasteiger partial charge in [-0.25, -0.2) is 0 Å². The fourth-order valence-corrected chi connectivity index (χ4v) is 1.41. The normalized spacial score (nSPS) is 15.1. The lowest BCUT2D eigenvalue weighted by atomic mass is 10.0. The van der Waals surface area contributed by atoms with Crippen molar-refractivity contribution < 1.29 is 10.2 Å². The quantitative estimate of drug-likeness (QED) is 0.773. The molecular formula is C12H18O2. The van der Waals surface area contributed by atoms with Crippen molar-refractivity contribution in [1.29, 1.82) is 0 Å². The van der Waals surface area contributed by atoms with Crippen LogP contribution in [0, 0.1) is 0 Å². The molecule has 2 atom stereocenters. The molecule has 0 spiro atoms. The first-order valence-electron chi connectivity index (χ1n) is 5.15. The SMILES string of the molecule is CC[C@@H](O)c1ccc([C@H](O)CC)cc1. The molecule has 0 saturated heterocycles. The third kappa shape index (κ3) is 2.56. The number of aliphatic hydroxyl groups excluding tert-OH is 2. The molecule has 1 aromatic carbocycles. The monoisotopic (exact) mass is 194 g/mol. The van der Waals surface area contributed by atoms with E-state index in [4.69, 9.17) is 0 Å². The average Bonchev–Trinajstić information content (AvgIpc) is 2.27. The number of hydrogen-bond donors (Lipinski definition) is 2. The maximum absolute atomic E-state index is 9.55. The van der Waals surface area contributed by atoms with E-state index < -0.39 is 0 Å². The molecule has 2 N–H and O–H groups in total. The van der Waals surface area contributed by atoms with E-state index in [-0.39, 0.29) is 12.2 Å². The molecule has 1 rings (SSSR count). The van der Waals surface area contributed by atoms with Crippen molar-refractivity contribution in [2.24, 2.45) is 0 Å². The summed E-state index contributed by atoms with van der Waals surface area (Å²) in [5.41, 5.74) is 1.83. The van der Waals surface area contributed by atoms with Crippen LogP contribution in [0.2, 0.25) is 0 Å². The fourth-order valence-electron chi connectivity index (χ4n) is 1.41. The second-order valence-electron chi connectivity index (χ2n) is 3.51. The van der Waals surface area contributed by atoms with Gasteiger partial charge in [0.05, 0.1) is 12.2 Å². The van der Waals surface area contributed by atoms with Crippen LogP contribution >= 0.6 is 0 Å². The maximum Gasteiger partial charge on any atom is 0.0787 e. The number of benzene rings is 1. The highest BCUT2D eigenvalue weighted by Crippen LogP contribution is 2.20. The maximum atomic E-state index is 9.55. The van der Waals surface area contributed by atoms with Gasteiger partial charge in [-0.05, 0) is 24.0 Å². The zero-order valence-electron chi connectivity index (χ0n) is 8.77. The first-order chi connectivity index (χ1) is 6.69. The summed E-state index contributed by atoms with van der Waals surface area (Å²) >= 11 is 0. The summed E-state index contributed by atoms with van der Waals surface area (Å²) in [5.74, 6) is 0. The van der Waals surface area contributed by atoms with Crippen LogP contribution in [-0.4, -0.2) is 10.2 Å². The number of rotatable bonds is 4. The molecule has 2 heteroatoms. The molecule has 2 nitrogen and oxygen atoms in total. The van der Waals surface area contributed by atoms with Gasteiger partial charge in [-0.1, -0.05) is 38.1 Å². The Labute approximate surface area is 85.2 Å². The molecule has 0 bridgehead atoms. The van der Waals surface area contributed by atoms with E-state index in [0.29, 0.717) is 0 Å². The van der Waals surface area contributed by atoms with Crippen LogP contribution in [0.4, 0.5) is 0 Å². The van der Waals surface area contributed by atoms with Gasteiger partial charge >= 0.3 is 0 Å². The van der Waals surface area contributed by atoms with E-state index in [1.165, 1.54) is 0 Å². The lowest BCUT2D eigenvalue weighted by molar-refractivity contribution is 0.170. The van der Waals surface area contributed by atoms with Gasteiger partial charge in [0.15, 0.2) is 0 Å². The Hall–Kier alpha value is -0.860. The van der Waals surface area contributed by atoms with Gasteiger partial charge in [0.1, 0.15) is 0 Å². The molecule has 0 aromatic heterocycles. The highest BCUT2D eigenvalue weighted by molar-refractivity contribution is 5.25. The molecule has 0 amide bonds. The van der Waals surface area contributed by atoms with E-state index in [1.54, 1.807) is 0 Å². The smallest absolute Gasteiger partial charge is 0.0787 e. The van der Waals surface area contributed by atoms with Crippen LogP contribution in [0.15, 0.2) is 24.3 Å². The second-order valence-corrected chi connectivity index (χ2v) is 3.51. The highest BCUT2D eigenvalue weighted by Gasteiger charge is 2.07. The molecule has 0 heterocycles. The summed E-state index contributed by atoms with van der Waals surface area (Å²) in [6.07, 6.45) is 0.663. The molecule has 0 radical (unpaired) electrons. The number of hydrogen-bond acceptors (Lipinski definition) is 2. The van der Waals surface area contributed by atoms with Crippen LogP contribution in [0.25, 0.3) is 0 Å². The predicted octanol–water partition coefficient (Wildman–Crippen LogP) is 2.57. The largest absolute Gasteiger partial charge is 0.388 e. The third-order valence-corrected chi connectivity index (χ3v) is 2.48. The molecule has 1 aromatic rings. The zero-order valence-corrected chi connectivity index (χ0v) is 8.77. The van der Waals surface area contributed by atoms with Crippen molar-refractivity contribution >= 4 is 0 Å². The Morgan fingerprint density at radius 3 is 1.36 bits per heavy atom. The first-order valence-corrected chi connectivity index (χ1v) is 5.15. The van der Waals surface area contributed by atoms with Crippen LogP contribution in [0.5, 0.6) is 0 Å². The van der Waals surface area contributed by atoms with Gasteiger partial charge in [0, 0.05) is 0 Å². The van der Waals surface area contributed by atoms with Crippen molar-refractivity contribution in [3.05, 3.63) is 35.4 Å². The molecule has 78 valence electrons. The lowest BCUT2D eigenvalue weighted by Crippen LogP contribution is -1.98. The van der Waals surface area contributed by atoms with E-state index in [1.807, 2.05) is 38.1 Å². The summed E-state index contributed by atoms with van der Waals surface area (Å²) in [6.45, 7) is 3.89. The Bertz CT molecular complexity index is 237. The number of aliphatic hydroxyl groups is 2. The predicted molar refractivity (Wildman–Crippen MR) is 56.9 cm³/mol. The Morgan fingerprint density at radius 2 is 1.14 bits per heavy atom. The van der Waals surface area contributed by atoms with Crippen molar-refractivity contribution in [3.8, 4) is 0 Å². The summed E-state index contributed by atoms with van der Waals surface area (Å²) < 4.78 is 0. The highest BCUT2D eigenvalue weighted by atomic mass is 16.3. The van der Waals surface area contributed by atoms with Gasteiger partial charge in [0.2, 0.25) is 0 Å². The minimum absolute atomic E-state index is 0.386. The third-order valence-electron chi connectivity index (χ3n) is 2.48. The fraction of sp³-hybridized carbons (Fsp3) is 0.500. The van der Waals surface area contributed by atoms with Crippen molar-refractivity contribution in [1.82, 2.24) is 0 Å². The minimum atomic E-state index is -0.386. The molecular weight excluding hydrogens is 176 g/mol. The topological polar surface area (TPSA) is 40.5 Å². The van der Waals surface area contributed by atoms with Crippen LogP contribution in [-0.2, 0) is 0 Å². The van der Waals surface area contributed by atoms with E-state index in [2.05, 4.69) is 0 Å². The Morgan fingerprint density at radius 1 is 0.857 bits per heavy atom. The summed E-state index contributed by atoms with van der Waals surface area (Å²) in [4.78, 5) is 0. The van der Waals surface area contributed by atoms with Crippen molar-refractivity contribution in [2.45, 2.75) is 38.9 Å². The minimum Gasteiger partial charge on any atom is -0.388 e. The summed E-state index contributed by atoms with van der Waals surface area (Å²) in [6, 6.07) is 7.51. The Kier molecular flexibility index (Phi) is 4.11. The standard InChI is InChI=1S/C12H18O2/c1-3-11(13)9-5-7-10(8-6-9)12(14)4-2/h5-8,11-14H,3-4H2,1-2H3/t11-,12-/m1/s1. The van der Waals surface area contributed by atoms with E-state index in [0.717, 1.165) is 24.0 Å². The first kappa shape index (κ1) is 11.2. The second kappa shape index (κ2) is 5.13. The average molecular weight is 194 g/mol. The van der Waals surface area contributed by atoms with E-state index in [9.17, 15) is 10.2 Å². The molecule has 0 aliphatic rings. The molecule has 0 unspecified atom stereocenters. The summed E-state index contributed by atoms with van der Waals surface area (Å²) in [5, 5.41) is 19.1. The molecule has 0 aliphatic carbocycles. The van der Waals surface area contributed by atoms with Gasteiger partial charge in [-0.2, -0.15) is 0 Å². The van der Waals surface area contributed by atoms with Gasteiger partial charge in [-0.3, -0.25) is 0 Å². The van der Waals surface area contributed by atoms with Crippen LogP contribution in [0.1, 0.15) is 50.0 Å². The molecule has 0 saturated carbocycles. The van der Waals surface area contributed by atoms with Crippen molar-refractivity contribution in [2.75, 3.05) is 0 Å². The van der Waals surface area contributed by atoms with Gasteiger partial charge < -0.3 is 10.2 Å². The van der Waals surface area contributed by atoms with Crippen LogP contribution < -0.4 is 0 Å². The molecule has 0 aliphatic heterocycles. The zero-order chi connectivity index (χ0) is 10.6. The van der Waals surface area contributed by atoms with E-state index >= 15 is 0 Å². The molecule has 14 heavy (non-hydrogen) atoms. The Balaban J connectivity index is 2.78. The van der Waals surface area contributed by atoms with Crippen molar-refractivity contribution in [3.63, 3.8) is 0 Å². The lowest BCUT2D eigenvalue weighted by Gasteiger charge is -2.11. The van der Waals surface area contributed by atoms with Gasteiger partial charge in [-0.15, -0.1) is 0 Å². The van der Waals surface area contributed by atoms with Crippen LogP contribution in [0.3, 0.4) is 0 Å².